The van der Waals surface area contributed by atoms with E-state index in [-0.39, 0.29) is 5.91 Å². The van der Waals surface area contributed by atoms with Gasteiger partial charge in [0, 0.05) is 25.3 Å². The number of benzene rings is 2. The quantitative estimate of drug-likeness (QED) is 0.879. The Morgan fingerprint density at radius 2 is 1.59 bits per heavy atom. The topological polar surface area (TPSA) is 60.0 Å². The summed E-state index contributed by atoms with van der Waals surface area (Å²) in [6, 6.07) is 13.7. The summed E-state index contributed by atoms with van der Waals surface area (Å²) >= 11 is 0. The predicted octanol–water partition coefficient (Wildman–Crippen LogP) is 2.47. The summed E-state index contributed by atoms with van der Waals surface area (Å²) in [5.74, 6) is 1.40. The Hall–Kier alpha value is -2.57. The van der Waals surface area contributed by atoms with Gasteiger partial charge in [-0.3, -0.25) is 9.69 Å². The van der Waals surface area contributed by atoms with Crippen LogP contribution < -0.4 is 14.8 Å². The largest absolute Gasteiger partial charge is 0.486 e. The molecule has 1 N–H and O–H groups in total. The molecule has 1 fully saturated rings. The van der Waals surface area contributed by atoms with E-state index in [0.717, 1.165) is 49.8 Å². The first-order valence-corrected chi connectivity index (χ1v) is 9.34. The third-order valence-corrected chi connectivity index (χ3v) is 4.72. The van der Waals surface area contributed by atoms with E-state index in [0.29, 0.717) is 25.4 Å². The van der Waals surface area contributed by atoms with Gasteiger partial charge in [-0.15, -0.1) is 0 Å². The number of nitrogens with zero attached hydrogens (tertiary/aromatic N) is 1. The van der Waals surface area contributed by atoms with E-state index in [1.807, 2.05) is 30.3 Å². The molecule has 2 aliphatic heterocycles. The van der Waals surface area contributed by atoms with Crippen molar-refractivity contribution >= 4 is 11.6 Å². The summed E-state index contributed by atoms with van der Waals surface area (Å²) in [5, 5.41) is 2.96. The van der Waals surface area contributed by atoms with Crippen molar-refractivity contribution in [1.82, 2.24) is 4.90 Å². The Bertz CT molecular complexity index is 785. The molecule has 142 valence electrons. The summed E-state index contributed by atoms with van der Waals surface area (Å²) in [7, 11) is 0. The fraction of sp³-hybridized carbons (Fsp3) is 0.381. The van der Waals surface area contributed by atoms with Gasteiger partial charge < -0.3 is 19.5 Å². The normalized spacial score (nSPS) is 16.7. The van der Waals surface area contributed by atoms with Gasteiger partial charge in [0.2, 0.25) is 5.91 Å². The number of rotatable bonds is 5. The molecule has 1 amide bonds. The van der Waals surface area contributed by atoms with Crippen molar-refractivity contribution in [3.05, 3.63) is 53.6 Å². The van der Waals surface area contributed by atoms with Crippen molar-refractivity contribution in [2.45, 2.75) is 13.0 Å². The predicted molar refractivity (Wildman–Crippen MR) is 102 cm³/mol. The van der Waals surface area contributed by atoms with Crippen LogP contribution in [-0.2, 0) is 22.5 Å². The van der Waals surface area contributed by atoms with E-state index < -0.39 is 0 Å². The maximum Gasteiger partial charge on any atom is 0.228 e. The Morgan fingerprint density at radius 1 is 0.889 bits per heavy atom. The number of fused-ring (bicyclic) bond motifs is 1. The van der Waals surface area contributed by atoms with E-state index in [4.69, 9.17) is 14.2 Å². The van der Waals surface area contributed by atoms with Crippen LogP contribution in [0.1, 0.15) is 11.1 Å². The van der Waals surface area contributed by atoms with Crippen molar-refractivity contribution in [3.63, 3.8) is 0 Å². The first-order chi connectivity index (χ1) is 13.3. The molecule has 6 nitrogen and oxygen atoms in total. The van der Waals surface area contributed by atoms with Gasteiger partial charge in [0.25, 0.3) is 0 Å². The third-order valence-electron chi connectivity index (χ3n) is 4.72. The number of morpholine rings is 1. The van der Waals surface area contributed by atoms with E-state index in [2.05, 4.69) is 22.3 Å². The summed E-state index contributed by atoms with van der Waals surface area (Å²) in [6.07, 6.45) is 0.298. The average Bonchev–Trinajstić information content (AvgIpc) is 2.70. The Balaban J connectivity index is 1.31. The molecule has 2 aliphatic rings. The number of nitrogens with one attached hydrogen (secondary N) is 1. The van der Waals surface area contributed by atoms with E-state index >= 15 is 0 Å². The molecule has 0 aromatic heterocycles. The maximum absolute atomic E-state index is 12.3. The monoisotopic (exact) mass is 368 g/mol. The van der Waals surface area contributed by atoms with Crippen LogP contribution in [0.3, 0.4) is 0 Å². The Labute approximate surface area is 159 Å². The third kappa shape index (κ3) is 4.78. The summed E-state index contributed by atoms with van der Waals surface area (Å²) < 4.78 is 16.5. The number of carbonyl (C=O) groups excluding carboxylic acids is 1. The highest BCUT2D eigenvalue weighted by Gasteiger charge is 2.14. The minimum atomic E-state index is -0.0485. The molecule has 2 aromatic rings. The molecule has 0 bridgehead atoms. The van der Waals surface area contributed by atoms with E-state index in [1.54, 1.807) is 0 Å². The summed E-state index contributed by atoms with van der Waals surface area (Å²) in [5.41, 5.74) is 2.95. The molecule has 0 aliphatic carbocycles. The van der Waals surface area contributed by atoms with Gasteiger partial charge in [-0.25, -0.2) is 0 Å². The van der Waals surface area contributed by atoms with Gasteiger partial charge in [0.1, 0.15) is 13.2 Å². The molecule has 0 saturated carbocycles. The average molecular weight is 368 g/mol. The van der Waals surface area contributed by atoms with Crippen molar-refractivity contribution in [2.75, 3.05) is 44.8 Å². The molecule has 6 heteroatoms. The summed E-state index contributed by atoms with van der Waals surface area (Å²) in [4.78, 5) is 14.7. The van der Waals surface area contributed by atoms with Crippen molar-refractivity contribution in [1.29, 1.82) is 0 Å². The number of amides is 1. The van der Waals surface area contributed by atoms with Crippen molar-refractivity contribution in [3.8, 4) is 11.5 Å². The summed E-state index contributed by atoms with van der Waals surface area (Å²) in [6.45, 7) is 5.55. The van der Waals surface area contributed by atoms with Crippen molar-refractivity contribution in [2.24, 2.45) is 0 Å². The van der Waals surface area contributed by atoms with Crippen LogP contribution in [0.15, 0.2) is 42.5 Å². The fourth-order valence-corrected chi connectivity index (χ4v) is 3.30. The number of anilines is 1. The van der Waals surface area contributed by atoms with Crippen LogP contribution in [-0.4, -0.2) is 50.3 Å². The molecule has 1 saturated heterocycles. The zero-order valence-electron chi connectivity index (χ0n) is 15.3. The van der Waals surface area contributed by atoms with Crippen LogP contribution in [0.5, 0.6) is 11.5 Å². The molecule has 0 spiro atoms. The molecule has 4 rings (SSSR count). The Kier molecular flexibility index (Phi) is 5.55. The lowest BCUT2D eigenvalue weighted by atomic mass is 10.1. The van der Waals surface area contributed by atoms with Gasteiger partial charge in [0.05, 0.1) is 19.6 Å². The standard InChI is InChI=1S/C21H24N2O4/c24-21(14-17-3-6-19-20(13-17)27-12-11-26-19)22-18-4-1-16(2-5-18)15-23-7-9-25-10-8-23/h1-6,13H,7-12,14-15H2,(H,22,24). The highest BCUT2D eigenvalue weighted by atomic mass is 16.6. The van der Waals surface area contributed by atoms with Crippen LogP contribution in [0.2, 0.25) is 0 Å². The molecule has 2 heterocycles. The zero-order chi connectivity index (χ0) is 18.5. The van der Waals surface area contributed by atoms with Crippen LogP contribution in [0.4, 0.5) is 5.69 Å². The lowest BCUT2D eigenvalue weighted by Gasteiger charge is -2.26. The van der Waals surface area contributed by atoms with Crippen LogP contribution >= 0.6 is 0 Å². The molecular weight excluding hydrogens is 344 g/mol. The zero-order valence-corrected chi connectivity index (χ0v) is 15.3. The molecule has 27 heavy (non-hydrogen) atoms. The van der Waals surface area contributed by atoms with Crippen LogP contribution in [0.25, 0.3) is 0 Å². The minimum absolute atomic E-state index is 0.0485. The first-order valence-electron chi connectivity index (χ1n) is 9.34. The SMILES string of the molecule is O=C(Cc1ccc2c(c1)OCCO2)Nc1ccc(CN2CCOCC2)cc1. The second-order valence-corrected chi connectivity index (χ2v) is 6.79. The first kappa shape index (κ1) is 17.8. The lowest BCUT2D eigenvalue weighted by Crippen LogP contribution is -2.35. The van der Waals surface area contributed by atoms with Crippen LogP contribution in [0, 0.1) is 0 Å². The van der Waals surface area contributed by atoms with Crippen molar-refractivity contribution < 1.29 is 19.0 Å². The molecule has 2 aromatic carbocycles. The second kappa shape index (κ2) is 8.41. The van der Waals surface area contributed by atoms with Gasteiger partial charge in [0.15, 0.2) is 11.5 Å². The maximum atomic E-state index is 12.3. The van der Waals surface area contributed by atoms with Gasteiger partial charge in [-0.2, -0.15) is 0 Å². The van der Waals surface area contributed by atoms with E-state index in [1.165, 1.54) is 5.56 Å². The number of ether oxygens (including phenoxy) is 3. The minimum Gasteiger partial charge on any atom is -0.486 e. The smallest absolute Gasteiger partial charge is 0.228 e. The molecule has 0 unspecified atom stereocenters. The van der Waals surface area contributed by atoms with E-state index in [9.17, 15) is 4.79 Å². The molecular formula is C21H24N2O4. The molecule has 0 atom stereocenters. The van der Waals surface area contributed by atoms with Gasteiger partial charge in [-0.1, -0.05) is 18.2 Å². The van der Waals surface area contributed by atoms with Gasteiger partial charge in [-0.05, 0) is 35.4 Å². The molecule has 0 radical (unpaired) electrons. The number of carbonyl (C=O) groups is 1. The van der Waals surface area contributed by atoms with Gasteiger partial charge >= 0.3 is 0 Å². The Morgan fingerprint density at radius 3 is 2.37 bits per heavy atom. The number of hydrogen-bond donors (Lipinski definition) is 1. The number of hydrogen-bond acceptors (Lipinski definition) is 5. The highest BCUT2D eigenvalue weighted by molar-refractivity contribution is 5.92. The second-order valence-electron chi connectivity index (χ2n) is 6.79. The fourth-order valence-electron chi connectivity index (χ4n) is 3.30. The highest BCUT2D eigenvalue weighted by Crippen LogP contribution is 2.30. The lowest BCUT2D eigenvalue weighted by molar-refractivity contribution is -0.115.